The molecule has 2 heterocycles. The summed E-state index contributed by atoms with van der Waals surface area (Å²) in [5.41, 5.74) is 0.456. The molecule has 1 aromatic heterocycles. The highest BCUT2D eigenvalue weighted by molar-refractivity contribution is 6.04. The molecule has 0 saturated carbocycles. The summed E-state index contributed by atoms with van der Waals surface area (Å²) in [6.45, 7) is 0.298. The number of carbonyl (C=O) groups is 3. The zero-order valence-electron chi connectivity index (χ0n) is 9.47. The van der Waals surface area contributed by atoms with Gasteiger partial charge in [0.05, 0.1) is 5.56 Å². The van der Waals surface area contributed by atoms with Crippen LogP contribution in [-0.4, -0.2) is 35.4 Å². The van der Waals surface area contributed by atoms with Gasteiger partial charge in [-0.05, 0) is 18.6 Å². The van der Waals surface area contributed by atoms with E-state index in [1.54, 1.807) is 18.3 Å². The smallest absolute Gasteiger partial charge is 0.322 e. The van der Waals surface area contributed by atoms with Crippen LogP contribution in [0.3, 0.4) is 0 Å². The Bertz CT molecular complexity index is 474. The molecule has 0 spiro atoms. The number of nitrogens with one attached hydrogen (secondary N) is 3. The van der Waals surface area contributed by atoms with Gasteiger partial charge in [0.25, 0.3) is 11.8 Å². The largest absolute Gasteiger partial charge is 0.352 e. The monoisotopic (exact) mass is 248 g/mol. The number of amides is 4. The number of nitrogens with zero attached hydrogens (tertiary/aromatic N) is 1. The average molecular weight is 248 g/mol. The van der Waals surface area contributed by atoms with Crippen LogP contribution in [-0.2, 0) is 4.79 Å². The first-order valence-corrected chi connectivity index (χ1v) is 5.46. The van der Waals surface area contributed by atoms with Crippen molar-refractivity contribution < 1.29 is 14.4 Å². The summed E-state index contributed by atoms with van der Waals surface area (Å²) < 4.78 is 0. The molecule has 94 valence electrons. The number of aromatic nitrogens is 1. The minimum Gasteiger partial charge on any atom is -0.352 e. The lowest BCUT2D eigenvalue weighted by molar-refractivity contribution is -0.120. The predicted molar refractivity (Wildman–Crippen MR) is 61.6 cm³/mol. The Hall–Kier alpha value is -2.44. The fraction of sp³-hybridized carbons (Fsp3) is 0.273. The van der Waals surface area contributed by atoms with Crippen LogP contribution in [0.1, 0.15) is 16.8 Å². The van der Waals surface area contributed by atoms with Crippen molar-refractivity contribution in [2.45, 2.75) is 12.5 Å². The Morgan fingerprint density at radius 2 is 2.28 bits per heavy atom. The van der Waals surface area contributed by atoms with Gasteiger partial charge >= 0.3 is 6.03 Å². The molecule has 0 radical (unpaired) electrons. The van der Waals surface area contributed by atoms with Crippen molar-refractivity contribution in [3.8, 4) is 0 Å². The molecule has 1 fully saturated rings. The van der Waals surface area contributed by atoms with Crippen LogP contribution in [0.2, 0.25) is 0 Å². The molecular weight excluding hydrogens is 236 g/mol. The number of rotatable bonds is 4. The zero-order chi connectivity index (χ0) is 13.0. The molecule has 0 aliphatic carbocycles. The van der Waals surface area contributed by atoms with E-state index in [4.69, 9.17) is 0 Å². The fourth-order valence-electron chi connectivity index (χ4n) is 1.59. The summed E-state index contributed by atoms with van der Waals surface area (Å²) >= 11 is 0. The molecule has 1 aromatic rings. The average Bonchev–Trinajstić information content (AvgIpc) is 2.69. The van der Waals surface area contributed by atoms with Gasteiger partial charge in [0.15, 0.2) is 0 Å². The maximum Gasteiger partial charge on any atom is 0.322 e. The maximum atomic E-state index is 11.6. The summed E-state index contributed by atoms with van der Waals surface area (Å²) in [6.07, 6.45) is 3.39. The molecule has 4 amide bonds. The Balaban J connectivity index is 1.78. The lowest BCUT2D eigenvalue weighted by Crippen LogP contribution is -2.34. The van der Waals surface area contributed by atoms with Crippen molar-refractivity contribution in [1.29, 1.82) is 0 Å². The molecule has 1 saturated heterocycles. The maximum absolute atomic E-state index is 11.6. The van der Waals surface area contributed by atoms with Crippen LogP contribution in [0.25, 0.3) is 0 Å². The van der Waals surface area contributed by atoms with E-state index in [9.17, 15) is 14.4 Å². The first kappa shape index (κ1) is 12.0. The molecule has 18 heavy (non-hydrogen) atoms. The highest BCUT2D eigenvalue weighted by Gasteiger charge is 2.28. The summed E-state index contributed by atoms with van der Waals surface area (Å²) in [7, 11) is 0. The van der Waals surface area contributed by atoms with E-state index in [1.165, 1.54) is 6.20 Å². The molecule has 1 unspecified atom stereocenters. The zero-order valence-corrected chi connectivity index (χ0v) is 9.47. The van der Waals surface area contributed by atoms with E-state index in [-0.39, 0.29) is 11.8 Å². The minimum absolute atomic E-state index is 0.257. The lowest BCUT2D eigenvalue weighted by Gasteiger charge is -2.08. The first-order valence-electron chi connectivity index (χ1n) is 5.46. The van der Waals surface area contributed by atoms with Gasteiger partial charge in [-0.2, -0.15) is 0 Å². The standard InChI is InChI=1S/C11H12N4O3/c16-9(7-2-1-4-12-6-7)13-5-3-8-10(17)15-11(18)14-8/h1-2,4,6,8H,3,5H2,(H,13,16)(H2,14,15,17,18). The van der Waals surface area contributed by atoms with Gasteiger partial charge < -0.3 is 10.6 Å². The molecule has 1 aliphatic rings. The van der Waals surface area contributed by atoms with Gasteiger partial charge in [-0.15, -0.1) is 0 Å². The Morgan fingerprint density at radius 3 is 2.89 bits per heavy atom. The van der Waals surface area contributed by atoms with Gasteiger partial charge in [-0.25, -0.2) is 4.79 Å². The molecule has 1 atom stereocenters. The van der Waals surface area contributed by atoms with Gasteiger partial charge in [-0.3, -0.25) is 19.9 Å². The number of urea groups is 1. The van der Waals surface area contributed by atoms with Crippen LogP contribution in [0.5, 0.6) is 0 Å². The van der Waals surface area contributed by atoms with E-state index in [2.05, 4.69) is 20.9 Å². The molecule has 0 aromatic carbocycles. The van der Waals surface area contributed by atoms with E-state index >= 15 is 0 Å². The van der Waals surface area contributed by atoms with Crippen molar-refractivity contribution in [2.24, 2.45) is 0 Å². The minimum atomic E-state index is -0.577. The van der Waals surface area contributed by atoms with Crippen LogP contribution < -0.4 is 16.0 Å². The third kappa shape index (κ3) is 2.82. The Kier molecular flexibility index (Phi) is 3.52. The van der Waals surface area contributed by atoms with Gasteiger partial charge in [-0.1, -0.05) is 0 Å². The third-order valence-corrected chi connectivity index (χ3v) is 2.50. The second kappa shape index (κ2) is 5.26. The Morgan fingerprint density at radius 1 is 1.44 bits per heavy atom. The van der Waals surface area contributed by atoms with Crippen molar-refractivity contribution in [3.05, 3.63) is 30.1 Å². The van der Waals surface area contributed by atoms with Crippen molar-refractivity contribution in [3.63, 3.8) is 0 Å². The van der Waals surface area contributed by atoms with Crippen molar-refractivity contribution in [1.82, 2.24) is 20.9 Å². The van der Waals surface area contributed by atoms with Gasteiger partial charge in [0.2, 0.25) is 0 Å². The van der Waals surface area contributed by atoms with Gasteiger partial charge in [0, 0.05) is 18.9 Å². The molecule has 2 rings (SSSR count). The first-order chi connectivity index (χ1) is 8.66. The number of imide groups is 1. The summed E-state index contributed by atoms with van der Waals surface area (Å²) in [5, 5.41) is 7.23. The summed E-state index contributed by atoms with van der Waals surface area (Å²) in [4.78, 5) is 37.5. The second-order valence-electron chi connectivity index (χ2n) is 3.80. The number of carbonyl (C=O) groups excluding carboxylic acids is 3. The van der Waals surface area contributed by atoms with Crippen LogP contribution in [0, 0.1) is 0 Å². The van der Waals surface area contributed by atoms with Crippen molar-refractivity contribution in [2.75, 3.05) is 6.54 Å². The van der Waals surface area contributed by atoms with Crippen LogP contribution >= 0.6 is 0 Å². The molecule has 3 N–H and O–H groups in total. The number of pyridine rings is 1. The predicted octanol–water partition coefficient (Wildman–Crippen LogP) is -0.591. The Labute approximate surface area is 103 Å². The molecule has 7 nitrogen and oxygen atoms in total. The van der Waals surface area contributed by atoms with Crippen LogP contribution in [0.4, 0.5) is 4.79 Å². The molecule has 0 bridgehead atoms. The third-order valence-electron chi connectivity index (χ3n) is 2.50. The van der Waals surface area contributed by atoms with Crippen molar-refractivity contribution >= 4 is 17.8 Å². The molecule has 1 aliphatic heterocycles. The SMILES string of the molecule is O=C1NC(=O)C(CCNC(=O)c2cccnc2)N1. The van der Waals surface area contributed by atoms with Crippen LogP contribution in [0.15, 0.2) is 24.5 Å². The highest BCUT2D eigenvalue weighted by atomic mass is 16.2. The normalized spacial score (nSPS) is 18.1. The van der Waals surface area contributed by atoms with E-state index in [1.807, 2.05) is 0 Å². The fourth-order valence-corrected chi connectivity index (χ4v) is 1.59. The lowest BCUT2D eigenvalue weighted by atomic mass is 10.2. The quantitative estimate of drug-likeness (QED) is 0.620. The van der Waals surface area contributed by atoms with Gasteiger partial charge in [0.1, 0.15) is 6.04 Å². The number of hydrogen-bond donors (Lipinski definition) is 3. The summed E-state index contributed by atoms with van der Waals surface area (Å²) in [6, 6.07) is 2.24. The van der Waals surface area contributed by atoms with E-state index in [0.717, 1.165) is 0 Å². The topological polar surface area (TPSA) is 100 Å². The van der Waals surface area contributed by atoms with E-state index < -0.39 is 12.1 Å². The molecule has 7 heteroatoms. The molecular formula is C11H12N4O3. The second-order valence-corrected chi connectivity index (χ2v) is 3.80. The summed E-state index contributed by atoms with van der Waals surface area (Å²) in [5.74, 6) is -0.622. The van der Waals surface area contributed by atoms with E-state index in [0.29, 0.717) is 18.5 Å². The highest BCUT2D eigenvalue weighted by Crippen LogP contribution is 1.99. The number of hydrogen-bond acceptors (Lipinski definition) is 4.